The van der Waals surface area contributed by atoms with Crippen molar-refractivity contribution in [2.45, 2.75) is 25.2 Å². The third-order valence-corrected chi connectivity index (χ3v) is 1.53. The van der Waals surface area contributed by atoms with E-state index >= 15 is 0 Å². The van der Waals surface area contributed by atoms with Crippen molar-refractivity contribution >= 4 is 0 Å². The van der Waals surface area contributed by atoms with Crippen molar-refractivity contribution in [1.82, 2.24) is 0 Å². The first-order valence-corrected chi connectivity index (χ1v) is 4.49. The van der Waals surface area contributed by atoms with Gasteiger partial charge in [0.15, 0.2) is 0 Å². The summed E-state index contributed by atoms with van der Waals surface area (Å²) in [5, 5.41) is 17.6. The maximum atomic E-state index is 9.23. The lowest BCUT2D eigenvalue weighted by atomic mass is 10.2. The lowest BCUT2D eigenvalue weighted by Crippen LogP contribution is -2.21. The molecule has 0 aromatic heterocycles. The number of azide groups is 3. The van der Waals surface area contributed by atoms with Gasteiger partial charge in [-0.1, -0.05) is 0 Å². The minimum absolute atomic E-state index is 0.0239. The van der Waals surface area contributed by atoms with Crippen molar-refractivity contribution in [1.29, 1.82) is 0 Å². The highest BCUT2D eigenvalue weighted by atomic mass is 16.7. The van der Waals surface area contributed by atoms with Gasteiger partial charge in [-0.15, -0.1) is 0 Å². The molecule has 1 N–H and O–H groups in total. The van der Waals surface area contributed by atoms with Gasteiger partial charge in [-0.25, -0.2) is 0 Å². The van der Waals surface area contributed by atoms with E-state index < -0.39 is 12.4 Å². The van der Waals surface area contributed by atoms with E-state index in [0.717, 1.165) is 0 Å². The highest BCUT2D eigenvalue weighted by Crippen LogP contribution is 2.10. The molecule has 0 heterocycles. The molecule has 0 saturated carbocycles. The molecule has 0 aromatic rings. The Kier molecular flexibility index (Phi) is 9.17. The average molecular weight is 259 g/mol. The second-order valence-corrected chi connectivity index (χ2v) is 2.66. The molecule has 0 aromatic carbocycles. The van der Waals surface area contributed by atoms with Gasteiger partial charge in [0.05, 0.1) is 0 Å². The lowest BCUT2D eigenvalue weighted by molar-refractivity contribution is -0.131. The summed E-state index contributed by atoms with van der Waals surface area (Å²) in [5.74, 6) is 0. The Labute approximate surface area is 99.6 Å². The van der Waals surface area contributed by atoms with Gasteiger partial charge in [-0.05, 0) is 16.6 Å². The Morgan fingerprint density at radius 3 is 2.22 bits per heavy atom. The molecule has 0 aliphatic heterocycles. The van der Waals surface area contributed by atoms with E-state index in [1.165, 1.54) is 0 Å². The van der Waals surface area contributed by atoms with Gasteiger partial charge in [-0.2, -0.15) is 0 Å². The van der Waals surface area contributed by atoms with E-state index in [9.17, 15) is 5.11 Å². The quantitative estimate of drug-likeness (QED) is 0.157. The second-order valence-electron chi connectivity index (χ2n) is 2.66. The normalized spacial score (nSPS) is 11.8. The standard InChI is InChI=1S/C5H9N9O4/c6-9-12-16-2-1-4(17-13-10-7)3-5(15)18-14-11-8/h4-5,15H,1-3H2/t4-,5+/m0/s1. The SMILES string of the molecule is [N-]=[N+]=NOCC[C@@H](C[C@H](O)ON=[N+]=[N-])ON=[N+]=[N-]. The molecule has 2 atom stereocenters. The first-order chi connectivity index (χ1) is 8.74. The number of hydrogen-bond acceptors (Lipinski definition) is 7. The lowest BCUT2D eigenvalue weighted by Gasteiger charge is -2.16. The van der Waals surface area contributed by atoms with Crippen LogP contribution in [-0.2, 0) is 14.5 Å². The van der Waals surface area contributed by atoms with Gasteiger partial charge in [0, 0.05) is 27.6 Å². The van der Waals surface area contributed by atoms with Gasteiger partial charge in [0.25, 0.3) is 0 Å². The van der Waals surface area contributed by atoms with Crippen LogP contribution in [0.4, 0.5) is 0 Å². The molecule has 0 spiro atoms. The van der Waals surface area contributed by atoms with Crippen LogP contribution in [0.3, 0.4) is 0 Å². The highest BCUT2D eigenvalue weighted by molar-refractivity contribution is 4.59. The minimum atomic E-state index is -1.43. The molecular weight excluding hydrogens is 250 g/mol. The monoisotopic (exact) mass is 259 g/mol. The number of aliphatic hydroxyl groups is 1. The Morgan fingerprint density at radius 1 is 1.00 bits per heavy atom. The van der Waals surface area contributed by atoms with Crippen LogP contribution < -0.4 is 0 Å². The van der Waals surface area contributed by atoms with Crippen LogP contribution in [-0.4, -0.2) is 24.1 Å². The van der Waals surface area contributed by atoms with Crippen molar-refractivity contribution in [3.63, 3.8) is 0 Å². The smallest absolute Gasteiger partial charge is 0.209 e. The van der Waals surface area contributed by atoms with E-state index in [0.29, 0.717) is 0 Å². The summed E-state index contributed by atoms with van der Waals surface area (Å²) in [7, 11) is 0. The summed E-state index contributed by atoms with van der Waals surface area (Å²) >= 11 is 0. The van der Waals surface area contributed by atoms with Gasteiger partial charge >= 0.3 is 0 Å². The van der Waals surface area contributed by atoms with Crippen LogP contribution in [0.1, 0.15) is 12.8 Å². The summed E-state index contributed by atoms with van der Waals surface area (Å²) in [6.07, 6.45) is -2.19. The molecule has 0 unspecified atom stereocenters. The molecule has 13 heteroatoms. The van der Waals surface area contributed by atoms with Gasteiger partial charge in [0.1, 0.15) is 28.5 Å². The van der Waals surface area contributed by atoms with Crippen LogP contribution in [0.15, 0.2) is 15.8 Å². The van der Waals surface area contributed by atoms with Crippen LogP contribution in [0.2, 0.25) is 0 Å². The number of nitrogens with zero attached hydrogens (tertiary/aromatic N) is 9. The van der Waals surface area contributed by atoms with E-state index in [4.69, 9.17) is 16.6 Å². The maximum Gasteiger partial charge on any atom is 0.209 e. The molecule has 0 bridgehead atoms. The fourth-order valence-corrected chi connectivity index (χ4v) is 0.896. The summed E-state index contributed by atoms with van der Waals surface area (Å²) in [4.78, 5) is 20.3. The van der Waals surface area contributed by atoms with Crippen molar-refractivity contribution in [2.75, 3.05) is 6.61 Å². The molecule has 0 aliphatic rings. The number of rotatable bonds is 10. The Hall–Kier alpha value is -2.71. The first kappa shape index (κ1) is 15.3. The molecule has 13 nitrogen and oxygen atoms in total. The van der Waals surface area contributed by atoms with Crippen molar-refractivity contribution < 1.29 is 19.6 Å². The van der Waals surface area contributed by atoms with Crippen LogP contribution in [0, 0.1) is 0 Å². The first-order valence-electron chi connectivity index (χ1n) is 4.49. The zero-order valence-corrected chi connectivity index (χ0v) is 8.97. The zero-order valence-electron chi connectivity index (χ0n) is 8.97. The molecule has 0 saturated heterocycles. The van der Waals surface area contributed by atoms with Crippen molar-refractivity contribution in [2.24, 2.45) is 15.8 Å². The molecule has 18 heavy (non-hydrogen) atoms. The van der Waals surface area contributed by atoms with E-state index in [1.54, 1.807) is 0 Å². The molecule has 0 amide bonds. The third kappa shape index (κ3) is 8.59. The van der Waals surface area contributed by atoms with Gasteiger partial charge in [0.2, 0.25) is 6.29 Å². The Bertz CT molecular complexity index is 369. The average Bonchev–Trinajstić information content (AvgIpc) is 2.38. The topological polar surface area (TPSA) is 194 Å². The minimum Gasteiger partial charge on any atom is -0.433 e. The van der Waals surface area contributed by atoms with Crippen molar-refractivity contribution in [3.05, 3.63) is 31.3 Å². The van der Waals surface area contributed by atoms with Crippen LogP contribution >= 0.6 is 0 Å². The Morgan fingerprint density at radius 2 is 1.61 bits per heavy atom. The summed E-state index contributed by atoms with van der Waals surface area (Å²) in [6.45, 7) is -0.0239. The molecule has 98 valence electrons. The molecule has 0 radical (unpaired) electrons. The maximum absolute atomic E-state index is 9.23. The third-order valence-electron chi connectivity index (χ3n) is 1.53. The van der Waals surface area contributed by atoms with Crippen LogP contribution in [0.5, 0.6) is 0 Å². The van der Waals surface area contributed by atoms with E-state index in [1.807, 2.05) is 0 Å². The zero-order chi connectivity index (χ0) is 13.6. The summed E-state index contributed by atoms with van der Waals surface area (Å²) in [6, 6.07) is 0. The highest BCUT2D eigenvalue weighted by Gasteiger charge is 2.16. The van der Waals surface area contributed by atoms with Crippen LogP contribution in [0.25, 0.3) is 31.3 Å². The summed E-state index contributed by atoms with van der Waals surface area (Å²) in [5.41, 5.74) is 24.0. The Balaban J connectivity index is 4.15. The largest absolute Gasteiger partial charge is 0.433 e. The van der Waals surface area contributed by atoms with E-state index in [2.05, 4.69) is 45.1 Å². The molecule has 0 fully saturated rings. The number of aliphatic hydroxyl groups excluding tert-OH is 1. The summed E-state index contributed by atoms with van der Waals surface area (Å²) < 4.78 is 0. The fraction of sp³-hybridized carbons (Fsp3) is 1.00. The second kappa shape index (κ2) is 10.8. The van der Waals surface area contributed by atoms with Gasteiger partial charge in [-0.3, -0.25) is 0 Å². The molecule has 0 aliphatic carbocycles. The predicted molar refractivity (Wildman–Crippen MR) is 54.6 cm³/mol. The fourth-order valence-electron chi connectivity index (χ4n) is 0.896. The number of hydrogen-bond donors (Lipinski definition) is 1. The van der Waals surface area contributed by atoms with Crippen molar-refractivity contribution in [3.8, 4) is 0 Å². The predicted octanol–water partition coefficient (Wildman–Crippen LogP) is 2.18. The molecular formula is C5H9N9O4. The van der Waals surface area contributed by atoms with E-state index in [-0.39, 0.29) is 19.4 Å². The molecule has 0 rings (SSSR count). The van der Waals surface area contributed by atoms with Gasteiger partial charge < -0.3 is 19.6 Å².